The molecule has 14 heteroatoms. The van der Waals surface area contributed by atoms with Crippen molar-refractivity contribution >= 4 is 53.3 Å². The monoisotopic (exact) mass is 898 g/mol. The van der Waals surface area contributed by atoms with E-state index < -0.39 is 20.0 Å². The first-order valence-corrected chi connectivity index (χ1v) is 25.7. The van der Waals surface area contributed by atoms with Gasteiger partial charge in [0.2, 0.25) is 0 Å². The van der Waals surface area contributed by atoms with Crippen LogP contribution in [0.5, 0.6) is 11.8 Å². The van der Waals surface area contributed by atoms with Crippen LogP contribution in [0.2, 0.25) is 21.6 Å². The molecule has 4 fully saturated rings. The van der Waals surface area contributed by atoms with E-state index in [2.05, 4.69) is 76.7 Å². The molecule has 0 saturated carbocycles. The number of benzene rings is 2. The van der Waals surface area contributed by atoms with E-state index in [1.807, 2.05) is 12.1 Å². The Labute approximate surface area is 378 Å². The lowest BCUT2D eigenvalue weighted by atomic mass is 9.86. The molecule has 63 heavy (non-hydrogen) atoms. The Morgan fingerprint density at radius 1 is 0.968 bits per heavy atom. The molecule has 8 rings (SSSR count). The molecule has 4 atom stereocenters. The van der Waals surface area contributed by atoms with E-state index in [0.29, 0.717) is 92.8 Å². The molecule has 2 unspecified atom stereocenters. The second kappa shape index (κ2) is 18.0. The van der Waals surface area contributed by atoms with Crippen molar-refractivity contribution in [2.75, 3.05) is 51.6 Å². The van der Waals surface area contributed by atoms with Crippen molar-refractivity contribution in [1.82, 2.24) is 24.8 Å². The summed E-state index contributed by atoms with van der Waals surface area (Å²) < 4.78 is 34.5. The van der Waals surface area contributed by atoms with Gasteiger partial charge in [0.25, 0.3) is 0 Å². The number of piperazine rings is 1. The Hall–Kier alpha value is -4.22. The number of carboxylic acid groups (broad SMARTS) is 1. The number of amides is 1. The molecule has 0 radical (unpaired) electrons. The van der Waals surface area contributed by atoms with Gasteiger partial charge in [-0.25, -0.2) is 9.18 Å². The van der Waals surface area contributed by atoms with Gasteiger partial charge in [-0.15, -0.1) is 5.54 Å². The number of aromatic nitrogens is 3. The summed E-state index contributed by atoms with van der Waals surface area (Å²) >= 11 is 7.60. The van der Waals surface area contributed by atoms with Gasteiger partial charge in [-0.3, -0.25) is 14.8 Å². The van der Waals surface area contributed by atoms with Crippen LogP contribution in [0.1, 0.15) is 99.5 Å². The second-order valence-corrected chi connectivity index (χ2v) is 25.5. The molecule has 1 N–H and O–H groups in total. The molecular formula is C49H64ClFN6O5Si. The molecule has 11 nitrogen and oxygen atoms in total. The van der Waals surface area contributed by atoms with Crippen molar-refractivity contribution in [3.8, 4) is 34.5 Å². The first-order valence-electron chi connectivity index (χ1n) is 23.1. The van der Waals surface area contributed by atoms with Gasteiger partial charge >= 0.3 is 12.1 Å². The molecule has 2 aromatic carbocycles. The highest BCUT2D eigenvalue weighted by atomic mass is 35.5. The van der Waals surface area contributed by atoms with Crippen LogP contribution in [-0.2, 0) is 4.74 Å². The largest absolute Gasteiger partial charge is 0.468 e. The highest BCUT2D eigenvalue weighted by Gasteiger charge is 2.52. The number of halogens is 2. The molecule has 338 valence electrons. The van der Waals surface area contributed by atoms with E-state index >= 15 is 4.39 Å². The average Bonchev–Trinajstić information content (AvgIpc) is 3.87. The first kappa shape index (κ1) is 45.3. The number of methoxy groups -OCH3 is 1. The number of ether oxygens (including phenoxy) is 3. The predicted octanol–water partition coefficient (Wildman–Crippen LogP) is 10.8. The fourth-order valence-corrected chi connectivity index (χ4v) is 17.5. The zero-order chi connectivity index (χ0) is 45.0. The molecule has 4 aromatic rings. The van der Waals surface area contributed by atoms with Crippen LogP contribution in [0.3, 0.4) is 0 Å². The maximum absolute atomic E-state index is 16.4. The Morgan fingerprint density at radius 2 is 1.62 bits per heavy atom. The highest BCUT2D eigenvalue weighted by molar-refractivity contribution is 6.90. The van der Waals surface area contributed by atoms with E-state index in [4.69, 9.17) is 40.8 Å². The maximum Gasteiger partial charge on any atom is 0.407 e. The molecule has 4 aliphatic rings. The summed E-state index contributed by atoms with van der Waals surface area (Å²) in [5.41, 5.74) is 6.41. The second-order valence-electron chi connectivity index (χ2n) is 19.6. The van der Waals surface area contributed by atoms with Crippen molar-refractivity contribution in [1.29, 1.82) is 0 Å². The minimum absolute atomic E-state index is 0.00824. The molecule has 4 saturated heterocycles. The number of hydrogen-bond donors (Lipinski definition) is 1. The molecule has 4 aliphatic heterocycles. The van der Waals surface area contributed by atoms with Crippen LogP contribution >= 0.6 is 11.6 Å². The fraction of sp³-hybridized carbons (Fsp3) is 0.592. The summed E-state index contributed by atoms with van der Waals surface area (Å²) in [7, 11) is -0.701. The van der Waals surface area contributed by atoms with E-state index in [0.717, 1.165) is 57.0 Å². The maximum atomic E-state index is 16.4. The van der Waals surface area contributed by atoms with E-state index in [1.165, 1.54) is 6.07 Å². The summed E-state index contributed by atoms with van der Waals surface area (Å²) in [6.45, 7) is 21.6. The van der Waals surface area contributed by atoms with Gasteiger partial charge in [0.1, 0.15) is 37.6 Å². The van der Waals surface area contributed by atoms with Gasteiger partial charge < -0.3 is 24.2 Å². The SMILES string of the molecule is CCC1CN2CC(CC)CC2(COc2nc(N3C[C@H]4CC[C@@H](C3)N4C(=O)O)c3cnc(-c4cc(OCOC)cc5ccc(F)c(C#C[Si](C(C)C)(C(C)C)C(C)C)c45)c(Cl)c3n2)C1. The first-order chi connectivity index (χ1) is 30.1. The summed E-state index contributed by atoms with van der Waals surface area (Å²) in [4.78, 5) is 33.9. The van der Waals surface area contributed by atoms with Crippen LogP contribution in [0.4, 0.5) is 15.0 Å². The molecule has 0 spiro atoms. The van der Waals surface area contributed by atoms with E-state index in [9.17, 15) is 9.90 Å². The van der Waals surface area contributed by atoms with Gasteiger partial charge in [-0.1, -0.05) is 91.8 Å². The number of rotatable bonds is 13. The number of carbonyl (C=O) groups is 1. The van der Waals surface area contributed by atoms with Crippen LogP contribution in [0.25, 0.3) is 32.9 Å². The van der Waals surface area contributed by atoms with E-state index in [1.54, 1.807) is 24.3 Å². The summed E-state index contributed by atoms with van der Waals surface area (Å²) in [6.07, 6.45) is 6.80. The minimum Gasteiger partial charge on any atom is -0.468 e. The highest BCUT2D eigenvalue weighted by Crippen LogP contribution is 2.47. The third kappa shape index (κ3) is 8.12. The number of pyridine rings is 1. The standard InChI is InChI=1S/C49H64ClFN6O5Si/c1-10-32-20-49(21-33(11-2)24-56(49)23-32)27-61-47-53-45-40(46(54-47)55-25-35-13-14-36(26-55)57(35)48(58)59)22-52-44(43(45)50)39-19-37(62-28-60-9)18-34-12-15-41(51)38(42(34)39)16-17-63(29(3)4,30(5)6)31(7)8/h12,15,18-19,22,29-33,35-36H,10-11,13-14,20-21,23-28H2,1-9H3,(H,58,59)/t32?,33?,35-,36+,49?. The quantitative estimate of drug-likeness (QED) is 0.0790. The average molecular weight is 900 g/mol. The van der Waals surface area contributed by atoms with Gasteiger partial charge in [-0.2, -0.15) is 9.97 Å². The summed E-state index contributed by atoms with van der Waals surface area (Å²) in [6, 6.07) is 6.79. The van der Waals surface area contributed by atoms with Gasteiger partial charge in [0.15, 0.2) is 6.79 Å². The van der Waals surface area contributed by atoms with Gasteiger partial charge in [0, 0.05) is 50.4 Å². The van der Waals surface area contributed by atoms with E-state index in [-0.39, 0.29) is 35.4 Å². The number of hydrogen-bond acceptors (Lipinski definition) is 9. The van der Waals surface area contributed by atoms with Crippen LogP contribution < -0.4 is 14.4 Å². The van der Waals surface area contributed by atoms with Gasteiger partial charge in [0.05, 0.1) is 39.3 Å². The van der Waals surface area contributed by atoms with Crippen molar-refractivity contribution in [3.63, 3.8) is 0 Å². The number of nitrogens with zero attached hydrogens (tertiary/aromatic N) is 6. The molecule has 2 aromatic heterocycles. The zero-order valence-electron chi connectivity index (χ0n) is 38.4. The molecule has 6 heterocycles. The smallest absolute Gasteiger partial charge is 0.407 e. The topological polar surface area (TPSA) is 113 Å². The Balaban J connectivity index is 1.30. The third-order valence-corrected chi connectivity index (χ3v) is 21.8. The normalized spacial score (nSPS) is 23.7. The Bertz CT molecular complexity index is 2390. The lowest BCUT2D eigenvalue weighted by Gasteiger charge is -2.40. The summed E-state index contributed by atoms with van der Waals surface area (Å²) in [5.74, 6) is 5.35. The van der Waals surface area contributed by atoms with Crippen molar-refractivity contribution < 1.29 is 28.5 Å². The number of anilines is 1. The summed E-state index contributed by atoms with van der Waals surface area (Å²) in [5, 5.41) is 12.3. The van der Waals surface area contributed by atoms with Crippen LogP contribution in [-0.4, -0.2) is 108 Å². The van der Waals surface area contributed by atoms with Crippen molar-refractivity contribution in [2.45, 2.75) is 128 Å². The fourth-order valence-electron chi connectivity index (χ4n) is 12.0. The minimum atomic E-state index is -2.26. The zero-order valence-corrected chi connectivity index (χ0v) is 40.2. The molecular weight excluding hydrogens is 835 g/mol. The van der Waals surface area contributed by atoms with Crippen LogP contribution in [0, 0.1) is 29.1 Å². The molecule has 2 bridgehead atoms. The van der Waals surface area contributed by atoms with Gasteiger partial charge in [-0.05, 0) is 77.7 Å². The predicted molar refractivity (Wildman–Crippen MR) is 251 cm³/mol. The van der Waals surface area contributed by atoms with Crippen LogP contribution in [0.15, 0.2) is 30.5 Å². The Morgan fingerprint density at radius 3 is 2.21 bits per heavy atom. The lowest BCUT2D eigenvalue weighted by molar-refractivity contribution is 0.0512. The lowest BCUT2D eigenvalue weighted by Crippen LogP contribution is -2.55. The molecule has 1 amide bonds. The van der Waals surface area contributed by atoms with Crippen molar-refractivity contribution in [3.05, 3.63) is 46.9 Å². The molecule has 0 aliphatic carbocycles. The third-order valence-electron chi connectivity index (χ3n) is 15.1. The van der Waals surface area contributed by atoms with Crippen molar-refractivity contribution in [2.24, 2.45) is 11.8 Å². The Kier molecular flexibility index (Phi) is 12.9. The number of fused-ring (bicyclic) bond motifs is 5.